The Hall–Kier alpha value is -1.71. The maximum Gasteiger partial charge on any atom is 0.220 e. The molecule has 0 radical (unpaired) electrons. The summed E-state index contributed by atoms with van der Waals surface area (Å²) in [4.78, 5) is 11.6. The number of carbonyl (C=O) groups is 1. The third kappa shape index (κ3) is 2.74. The van der Waals surface area contributed by atoms with Crippen molar-refractivity contribution in [3.8, 4) is 11.5 Å². The summed E-state index contributed by atoms with van der Waals surface area (Å²) < 4.78 is 48.8. The van der Waals surface area contributed by atoms with Gasteiger partial charge in [0.25, 0.3) is 0 Å². The van der Waals surface area contributed by atoms with Crippen molar-refractivity contribution in [2.24, 2.45) is 0 Å². The van der Waals surface area contributed by atoms with E-state index in [1.54, 1.807) is 12.1 Å². The van der Waals surface area contributed by atoms with Gasteiger partial charge in [0.2, 0.25) is 5.91 Å². The van der Waals surface area contributed by atoms with Crippen molar-refractivity contribution in [1.29, 1.82) is 0 Å². The Kier molecular flexibility index (Phi) is 2.45. The number of hydrogen-bond donors (Lipinski definition) is 1. The molecule has 2 fully saturated rings. The van der Waals surface area contributed by atoms with Crippen molar-refractivity contribution in [2.75, 3.05) is 13.5 Å². The summed E-state index contributed by atoms with van der Waals surface area (Å²) in [5, 5.41) is 2.32. The third-order valence-corrected chi connectivity index (χ3v) is 3.85. The quantitative estimate of drug-likeness (QED) is 0.922. The van der Waals surface area contributed by atoms with Crippen LogP contribution in [0.25, 0.3) is 0 Å². The van der Waals surface area contributed by atoms with Gasteiger partial charge in [0.1, 0.15) is 0 Å². The molecule has 2 aliphatic rings. The average molecular weight is 280 g/mol. The fourth-order valence-electron chi connectivity index (χ4n) is 2.76. The van der Waals surface area contributed by atoms with Gasteiger partial charge in [0, 0.05) is 21.6 Å². The molecular formula is C16H21NO3. The van der Waals surface area contributed by atoms with Gasteiger partial charge >= 0.3 is 0 Å². The van der Waals surface area contributed by atoms with Crippen molar-refractivity contribution in [1.82, 2.24) is 5.32 Å². The molecule has 1 heterocycles. The van der Waals surface area contributed by atoms with Crippen LogP contribution < -0.4 is 14.8 Å². The minimum Gasteiger partial charge on any atom is -0.493 e. The lowest BCUT2D eigenvalue weighted by atomic mass is 9.98. The van der Waals surface area contributed by atoms with E-state index in [0.717, 1.165) is 25.7 Å². The van der Waals surface area contributed by atoms with E-state index in [1.807, 2.05) is 0 Å². The second kappa shape index (κ2) is 5.73. The summed E-state index contributed by atoms with van der Waals surface area (Å²) in [5.41, 5.74) is 0.578. The molecular weight excluding hydrogens is 254 g/mol. The van der Waals surface area contributed by atoms with Crippen LogP contribution >= 0.6 is 0 Å². The predicted octanol–water partition coefficient (Wildman–Crippen LogP) is 2.62. The number of rotatable bonds is 4. The van der Waals surface area contributed by atoms with Crippen LogP contribution in [0.15, 0.2) is 18.2 Å². The first-order chi connectivity index (χ1) is 11.6. The average Bonchev–Trinajstić information content (AvgIpc) is 3.06. The number of amides is 1. The monoisotopic (exact) mass is 280 g/mol. The van der Waals surface area contributed by atoms with Crippen molar-refractivity contribution in [3.63, 3.8) is 0 Å². The number of benzene rings is 1. The minimum absolute atomic E-state index is 0.00528. The van der Waals surface area contributed by atoms with Gasteiger partial charge in [0.15, 0.2) is 11.5 Å². The molecule has 1 N–H and O–H groups in total. The van der Waals surface area contributed by atoms with Crippen LogP contribution in [0.4, 0.5) is 0 Å². The molecule has 1 aliphatic carbocycles. The van der Waals surface area contributed by atoms with Gasteiger partial charge in [-0.1, -0.05) is 6.07 Å². The van der Waals surface area contributed by atoms with E-state index in [1.165, 1.54) is 6.07 Å². The lowest BCUT2D eigenvalue weighted by Gasteiger charge is -2.18. The van der Waals surface area contributed by atoms with Gasteiger partial charge in [-0.05, 0) is 43.4 Å². The smallest absolute Gasteiger partial charge is 0.220 e. The van der Waals surface area contributed by atoms with Gasteiger partial charge in [-0.15, -0.1) is 0 Å². The van der Waals surface area contributed by atoms with Gasteiger partial charge < -0.3 is 14.8 Å². The topological polar surface area (TPSA) is 47.6 Å². The molecule has 4 heteroatoms. The standard InChI is InChI=1S/C16H21NO3/c1-19-14-7-6-11(12-9-16(18)17-10-12)8-15(14)20-13-4-2-3-5-13/h6-8,12-13H,2-5,9-10H2,1H3,(H,17,18)/i1D3,10D2. The Morgan fingerprint density at radius 1 is 1.35 bits per heavy atom. The fourth-order valence-corrected chi connectivity index (χ4v) is 2.76. The van der Waals surface area contributed by atoms with Crippen LogP contribution in [0.1, 0.15) is 50.4 Å². The van der Waals surface area contributed by atoms with E-state index < -0.39 is 19.5 Å². The molecule has 4 nitrogen and oxygen atoms in total. The first kappa shape index (κ1) is 8.55. The van der Waals surface area contributed by atoms with E-state index in [2.05, 4.69) is 5.32 Å². The van der Waals surface area contributed by atoms with Gasteiger partial charge in [0.05, 0.1) is 17.3 Å². The zero-order valence-electron chi connectivity index (χ0n) is 16.1. The van der Waals surface area contributed by atoms with E-state index in [9.17, 15) is 4.79 Å². The molecule has 1 saturated heterocycles. The first-order valence-corrected chi connectivity index (χ1v) is 6.95. The van der Waals surface area contributed by atoms with Crippen LogP contribution in [0, 0.1) is 0 Å². The van der Waals surface area contributed by atoms with Crippen LogP contribution in [-0.2, 0) is 4.79 Å². The van der Waals surface area contributed by atoms with Crippen LogP contribution in [0.5, 0.6) is 11.5 Å². The minimum atomic E-state index is -2.60. The molecule has 1 saturated carbocycles. The molecule has 1 atom stereocenters. The number of hydrogen-bond acceptors (Lipinski definition) is 3. The summed E-state index contributed by atoms with van der Waals surface area (Å²) in [5.74, 6) is -0.618. The van der Waals surface area contributed by atoms with E-state index in [-0.39, 0.29) is 29.9 Å². The number of carbonyl (C=O) groups excluding carboxylic acids is 1. The molecule has 1 aromatic carbocycles. The SMILES string of the molecule is [2H]C([2H])([2H])Oc1ccc(C2CC(=O)NC2([2H])[2H])cc1OC1CCCC1. The Balaban J connectivity index is 1.91. The lowest BCUT2D eigenvalue weighted by Crippen LogP contribution is -2.14. The molecule has 1 unspecified atom stereocenters. The molecule has 1 amide bonds. The van der Waals surface area contributed by atoms with E-state index in [0.29, 0.717) is 5.56 Å². The zero-order valence-corrected chi connectivity index (χ0v) is 11.1. The highest BCUT2D eigenvalue weighted by Crippen LogP contribution is 2.35. The Morgan fingerprint density at radius 3 is 2.90 bits per heavy atom. The highest BCUT2D eigenvalue weighted by atomic mass is 16.5. The number of ether oxygens (including phenoxy) is 2. The normalized spacial score (nSPS) is 29.7. The largest absolute Gasteiger partial charge is 0.493 e. The molecule has 108 valence electrons. The second-order valence-corrected chi connectivity index (χ2v) is 5.28. The van der Waals surface area contributed by atoms with Crippen molar-refractivity contribution in [3.05, 3.63) is 23.8 Å². The summed E-state index contributed by atoms with van der Waals surface area (Å²) in [6, 6.07) is 4.67. The highest BCUT2D eigenvalue weighted by Gasteiger charge is 2.25. The fraction of sp³-hybridized carbons (Fsp3) is 0.562. The Bertz CT molecular complexity index is 656. The van der Waals surface area contributed by atoms with Gasteiger partial charge in [-0.3, -0.25) is 4.79 Å². The van der Waals surface area contributed by atoms with E-state index >= 15 is 0 Å². The van der Waals surface area contributed by atoms with Crippen LogP contribution in [0.3, 0.4) is 0 Å². The maximum atomic E-state index is 11.6. The van der Waals surface area contributed by atoms with Gasteiger partial charge in [-0.25, -0.2) is 0 Å². The molecule has 1 aromatic rings. The van der Waals surface area contributed by atoms with Crippen molar-refractivity contribution < 1.29 is 21.1 Å². The molecule has 0 aromatic heterocycles. The number of methoxy groups -OCH3 is 1. The lowest BCUT2D eigenvalue weighted by molar-refractivity contribution is -0.119. The van der Waals surface area contributed by atoms with E-state index in [4.69, 9.17) is 16.3 Å². The molecule has 0 bridgehead atoms. The Morgan fingerprint density at radius 2 is 2.20 bits per heavy atom. The molecule has 0 spiro atoms. The maximum absolute atomic E-state index is 11.6. The Labute approximate surface area is 126 Å². The summed E-state index contributed by atoms with van der Waals surface area (Å²) >= 11 is 0. The number of nitrogens with one attached hydrogen (secondary N) is 1. The molecule has 20 heavy (non-hydrogen) atoms. The van der Waals surface area contributed by atoms with Crippen molar-refractivity contribution in [2.45, 2.75) is 44.1 Å². The second-order valence-electron chi connectivity index (χ2n) is 5.28. The van der Waals surface area contributed by atoms with Crippen LogP contribution in [0.2, 0.25) is 0 Å². The highest BCUT2D eigenvalue weighted by molar-refractivity contribution is 5.79. The predicted molar refractivity (Wildman–Crippen MR) is 76.2 cm³/mol. The van der Waals surface area contributed by atoms with Crippen LogP contribution in [-0.4, -0.2) is 25.5 Å². The summed E-state index contributed by atoms with van der Waals surface area (Å²) in [6.45, 7) is -1.85. The van der Waals surface area contributed by atoms with Gasteiger partial charge in [-0.2, -0.15) is 0 Å². The summed E-state index contributed by atoms with van der Waals surface area (Å²) in [7, 11) is -2.60. The first-order valence-electron chi connectivity index (χ1n) is 9.45. The molecule has 1 aliphatic heterocycles. The molecule has 3 rings (SSSR count). The zero-order chi connectivity index (χ0) is 18.2. The third-order valence-electron chi connectivity index (χ3n) is 3.85. The summed E-state index contributed by atoms with van der Waals surface area (Å²) in [6.07, 6.45) is 3.93. The van der Waals surface area contributed by atoms with Crippen molar-refractivity contribution >= 4 is 5.91 Å².